The number of ether oxygens (including phenoxy) is 1. The van der Waals surface area contributed by atoms with E-state index < -0.39 is 5.60 Å². The van der Waals surface area contributed by atoms with Gasteiger partial charge in [0.05, 0.1) is 0 Å². The van der Waals surface area contributed by atoms with Crippen LogP contribution in [0.25, 0.3) is 0 Å². The van der Waals surface area contributed by atoms with Crippen LogP contribution < -0.4 is 22.3 Å². The van der Waals surface area contributed by atoms with Crippen molar-refractivity contribution in [2.24, 2.45) is 7.05 Å². The zero-order valence-corrected chi connectivity index (χ0v) is 26.9. The molecular weight excluding hydrogens is 504 g/mol. The molecule has 0 aromatic carbocycles. The number of alkyl carbamates (subject to hydrolysis) is 1. The number of pyridine rings is 1. The highest BCUT2D eigenvalue weighted by Gasteiger charge is 2.16. The van der Waals surface area contributed by atoms with Crippen LogP contribution in [0, 0.1) is 0 Å². The third-order valence-corrected chi connectivity index (χ3v) is 7.19. The number of amides is 1. The van der Waals surface area contributed by atoms with Crippen LogP contribution in [0.15, 0.2) is 36.7 Å². The predicted molar refractivity (Wildman–Crippen MR) is 163 cm³/mol. The van der Waals surface area contributed by atoms with Gasteiger partial charge in [0.1, 0.15) is 12.6 Å². The Kier molecular flexibility index (Phi) is 23.3. The standard InChI is InChI=1S/C34H60N2O2.ClH/c1-6-7-8-9-10-11-12-13-14-15-16-17-18-19-20-21-24-31(32-26-29-36(5)30-27-32)25-22-23-28-35-33(37)38-34(2,3)4;/h13-14,26-27,29-31H,6-12,15-25,28H2,1-5H3;1H/b14-13+;. The highest BCUT2D eigenvalue weighted by atomic mass is 35.5. The number of carbonyl (C=O) groups is 1. The van der Waals surface area contributed by atoms with Gasteiger partial charge in [0.25, 0.3) is 0 Å². The molecule has 0 bridgehead atoms. The molecule has 1 aromatic heterocycles. The predicted octanol–water partition coefficient (Wildman–Crippen LogP) is 6.72. The summed E-state index contributed by atoms with van der Waals surface area (Å²) >= 11 is 0. The van der Waals surface area contributed by atoms with Gasteiger partial charge >= 0.3 is 6.09 Å². The number of hydrogen-bond acceptors (Lipinski definition) is 2. The third-order valence-electron chi connectivity index (χ3n) is 7.19. The Bertz CT molecular complexity index is 728. The van der Waals surface area contributed by atoms with Crippen molar-refractivity contribution in [1.82, 2.24) is 5.32 Å². The van der Waals surface area contributed by atoms with E-state index in [2.05, 4.69) is 60.5 Å². The average molecular weight is 565 g/mol. The lowest BCUT2D eigenvalue weighted by Gasteiger charge is -2.20. The summed E-state index contributed by atoms with van der Waals surface area (Å²) in [5.74, 6) is 0.606. The summed E-state index contributed by atoms with van der Waals surface area (Å²) in [6, 6.07) is 4.56. The van der Waals surface area contributed by atoms with Gasteiger partial charge in [0, 0.05) is 18.7 Å². The Morgan fingerprint density at radius 3 is 1.85 bits per heavy atom. The van der Waals surface area contributed by atoms with Crippen molar-refractivity contribution in [1.29, 1.82) is 0 Å². The van der Waals surface area contributed by atoms with Crippen LogP contribution >= 0.6 is 0 Å². The maximum Gasteiger partial charge on any atom is 0.407 e. The molecule has 1 atom stereocenters. The molecule has 5 heteroatoms. The molecule has 4 nitrogen and oxygen atoms in total. The highest BCUT2D eigenvalue weighted by Crippen LogP contribution is 2.27. The molecule has 39 heavy (non-hydrogen) atoms. The number of rotatable bonds is 22. The summed E-state index contributed by atoms with van der Waals surface area (Å²) in [7, 11) is 2.08. The molecule has 0 aliphatic carbocycles. The van der Waals surface area contributed by atoms with Crippen LogP contribution in [0.5, 0.6) is 0 Å². The molecular formula is C34H61ClN2O2. The van der Waals surface area contributed by atoms with Gasteiger partial charge in [-0.3, -0.25) is 0 Å². The largest absolute Gasteiger partial charge is 1.00 e. The molecule has 0 aliphatic rings. The Balaban J connectivity index is 0.0000144. The number of nitrogens with one attached hydrogen (secondary N) is 1. The molecule has 1 amide bonds. The number of hydrogen-bond donors (Lipinski definition) is 1. The summed E-state index contributed by atoms with van der Waals surface area (Å²) < 4.78 is 7.44. The van der Waals surface area contributed by atoms with Crippen molar-refractivity contribution in [3.05, 3.63) is 42.2 Å². The Morgan fingerprint density at radius 2 is 1.31 bits per heavy atom. The molecule has 1 rings (SSSR count). The van der Waals surface area contributed by atoms with E-state index in [1.165, 1.54) is 108 Å². The summed E-state index contributed by atoms with van der Waals surface area (Å²) in [4.78, 5) is 11.8. The third kappa shape index (κ3) is 22.9. The van der Waals surface area contributed by atoms with Crippen molar-refractivity contribution in [2.45, 2.75) is 155 Å². The molecule has 1 N–H and O–H groups in total. The lowest BCUT2D eigenvalue weighted by Crippen LogP contribution is -3.00. The zero-order chi connectivity index (χ0) is 27.9. The van der Waals surface area contributed by atoms with E-state index in [0.717, 1.165) is 12.8 Å². The number of nitrogens with zero attached hydrogens (tertiary/aromatic N) is 1. The molecule has 226 valence electrons. The Labute approximate surface area is 248 Å². The van der Waals surface area contributed by atoms with Gasteiger partial charge in [-0.05, 0) is 77.2 Å². The molecule has 0 spiro atoms. The second-order valence-corrected chi connectivity index (χ2v) is 12.1. The minimum Gasteiger partial charge on any atom is -1.00 e. The number of carbonyl (C=O) groups excluding carboxylic acids is 1. The zero-order valence-electron chi connectivity index (χ0n) is 26.1. The van der Waals surface area contributed by atoms with Crippen LogP contribution in [0.2, 0.25) is 0 Å². The topological polar surface area (TPSA) is 42.2 Å². The van der Waals surface area contributed by atoms with Crippen LogP contribution in [-0.2, 0) is 11.8 Å². The van der Waals surface area contributed by atoms with Crippen LogP contribution in [0.4, 0.5) is 4.79 Å². The van der Waals surface area contributed by atoms with Crippen LogP contribution in [0.1, 0.15) is 155 Å². The van der Waals surface area contributed by atoms with E-state index in [1.807, 2.05) is 20.8 Å². The fourth-order valence-electron chi connectivity index (χ4n) is 4.92. The first kappa shape index (κ1) is 37.5. The smallest absolute Gasteiger partial charge is 0.407 e. The van der Waals surface area contributed by atoms with Gasteiger partial charge in [0.15, 0.2) is 12.4 Å². The highest BCUT2D eigenvalue weighted by molar-refractivity contribution is 5.67. The first-order valence-electron chi connectivity index (χ1n) is 15.9. The lowest BCUT2D eigenvalue weighted by atomic mass is 9.89. The van der Waals surface area contributed by atoms with E-state index in [-0.39, 0.29) is 18.5 Å². The Hall–Kier alpha value is -1.55. The van der Waals surface area contributed by atoms with Gasteiger partial charge < -0.3 is 22.5 Å². The molecule has 0 fully saturated rings. The maximum atomic E-state index is 11.8. The summed E-state index contributed by atoms with van der Waals surface area (Å²) in [5.41, 5.74) is 1.01. The van der Waals surface area contributed by atoms with Gasteiger partial charge in [0.2, 0.25) is 0 Å². The van der Waals surface area contributed by atoms with Crippen molar-refractivity contribution in [2.75, 3.05) is 6.54 Å². The number of unbranched alkanes of at least 4 members (excludes halogenated alkanes) is 13. The molecule has 0 saturated carbocycles. The molecule has 1 heterocycles. The van der Waals surface area contributed by atoms with Gasteiger partial charge in [-0.15, -0.1) is 0 Å². The number of allylic oxidation sites excluding steroid dienone is 2. The second kappa shape index (κ2) is 24.3. The first-order valence-corrected chi connectivity index (χ1v) is 15.9. The van der Waals surface area contributed by atoms with Crippen molar-refractivity contribution in [3.8, 4) is 0 Å². The van der Waals surface area contributed by atoms with E-state index >= 15 is 0 Å². The molecule has 1 unspecified atom stereocenters. The average Bonchev–Trinajstić information content (AvgIpc) is 2.86. The van der Waals surface area contributed by atoms with Gasteiger partial charge in [-0.25, -0.2) is 9.36 Å². The monoisotopic (exact) mass is 564 g/mol. The minimum absolute atomic E-state index is 0. The maximum absolute atomic E-state index is 11.8. The molecule has 0 radical (unpaired) electrons. The summed E-state index contributed by atoms with van der Waals surface area (Å²) in [5, 5.41) is 2.89. The Morgan fingerprint density at radius 1 is 0.821 bits per heavy atom. The van der Waals surface area contributed by atoms with Crippen molar-refractivity contribution in [3.63, 3.8) is 0 Å². The van der Waals surface area contributed by atoms with Gasteiger partial charge in [-0.1, -0.05) is 89.7 Å². The van der Waals surface area contributed by atoms with E-state index in [9.17, 15) is 4.79 Å². The first-order chi connectivity index (χ1) is 18.3. The van der Waals surface area contributed by atoms with Crippen LogP contribution in [-0.4, -0.2) is 18.2 Å². The second-order valence-electron chi connectivity index (χ2n) is 12.1. The van der Waals surface area contributed by atoms with Crippen molar-refractivity contribution < 1.29 is 26.5 Å². The van der Waals surface area contributed by atoms with Crippen LogP contribution in [0.3, 0.4) is 0 Å². The number of halogens is 1. The number of aromatic nitrogens is 1. The molecule has 0 aliphatic heterocycles. The SMILES string of the molecule is CCCCCCCC/C=C/CCCCCCCCC(CCCCNC(=O)OC(C)(C)C)c1cc[n+](C)cc1.[Cl-]. The van der Waals surface area contributed by atoms with E-state index in [1.54, 1.807) is 0 Å². The molecule has 1 aromatic rings. The van der Waals surface area contributed by atoms with E-state index in [0.29, 0.717) is 12.5 Å². The quantitative estimate of drug-likeness (QED) is 0.0964. The number of aryl methyl sites for hydroxylation is 1. The lowest BCUT2D eigenvalue weighted by molar-refractivity contribution is -0.671. The minimum atomic E-state index is -0.442. The van der Waals surface area contributed by atoms with Gasteiger partial charge in [-0.2, -0.15) is 0 Å². The fourth-order valence-corrected chi connectivity index (χ4v) is 4.92. The summed E-state index contributed by atoms with van der Waals surface area (Å²) in [6.07, 6.45) is 32.3. The van der Waals surface area contributed by atoms with Crippen molar-refractivity contribution >= 4 is 6.09 Å². The normalized spacial score (nSPS) is 12.3. The molecule has 0 saturated heterocycles. The summed E-state index contributed by atoms with van der Waals surface area (Å²) in [6.45, 7) is 8.65. The van der Waals surface area contributed by atoms with E-state index in [4.69, 9.17) is 4.74 Å². The fraction of sp³-hybridized carbons (Fsp3) is 0.765.